The monoisotopic (exact) mass is 196 g/mol. The van der Waals surface area contributed by atoms with Crippen molar-refractivity contribution in [2.24, 2.45) is 5.73 Å². The summed E-state index contributed by atoms with van der Waals surface area (Å²) in [5.74, 6) is 0.0588. The smallest absolute Gasteiger partial charge is 0.222 e. The lowest BCUT2D eigenvalue weighted by atomic mass is 10.1. The molecule has 4 heteroatoms. The molecule has 0 aliphatic carbocycles. The fourth-order valence-electron chi connectivity index (χ4n) is 1.57. The van der Waals surface area contributed by atoms with Gasteiger partial charge in [-0.3, -0.25) is 4.79 Å². The number of aryl methyl sites for hydroxylation is 1. The van der Waals surface area contributed by atoms with Crippen LogP contribution in [-0.4, -0.2) is 11.9 Å². The van der Waals surface area contributed by atoms with Crippen molar-refractivity contribution >= 4 is 17.2 Å². The molecule has 2 atom stereocenters. The molecule has 70 valence electrons. The van der Waals surface area contributed by atoms with Crippen molar-refractivity contribution in [1.29, 1.82) is 0 Å². The van der Waals surface area contributed by atoms with Crippen LogP contribution < -0.4 is 11.1 Å². The third kappa shape index (κ3) is 1.59. The van der Waals surface area contributed by atoms with Gasteiger partial charge in [0.2, 0.25) is 5.91 Å². The Morgan fingerprint density at radius 2 is 2.38 bits per heavy atom. The molecule has 3 nitrogen and oxygen atoms in total. The quantitative estimate of drug-likeness (QED) is 0.702. The lowest BCUT2D eigenvalue weighted by molar-refractivity contribution is -0.119. The largest absolute Gasteiger partial charge is 0.347 e. The predicted molar refractivity (Wildman–Crippen MR) is 52.5 cm³/mol. The summed E-state index contributed by atoms with van der Waals surface area (Å²) in [6, 6.07) is 4.06. The molecule has 1 fully saturated rings. The van der Waals surface area contributed by atoms with Crippen LogP contribution in [0.15, 0.2) is 12.1 Å². The SMILES string of the molecule is Cc1ccc(C2NC(=O)CC2N)s1. The summed E-state index contributed by atoms with van der Waals surface area (Å²) in [7, 11) is 0. The molecule has 0 bridgehead atoms. The van der Waals surface area contributed by atoms with Crippen LogP contribution in [0.4, 0.5) is 0 Å². The van der Waals surface area contributed by atoms with Crippen LogP contribution in [-0.2, 0) is 4.79 Å². The molecule has 1 aliphatic rings. The molecule has 0 saturated carbocycles. The van der Waals surface area contributed by atoms with E-state index in [1.54, 1.807) is 11.3 Å². The van der Waals surface area contributed by atoms with Crippen LogP contribution in [0.3, 0.4) is 0 Å². The molecule has 0 radical (unpaired) electrons. The van der Waals surface area contributed by atoms with Gasteiger partial charge in [0.1, 0.15) is 0 Å². The first-order valence-corrected chi connectivity index (χ1v) is 5.10. The van der Waals surface area contributed by atoms with Gasteiger partial charge < -0.3 is 11.1 Å². The summed E-state index contributed by atoms with van der Waals surface area (Å²) in [4.78, 5) is 13.5. The van der Waals surface area contributed by atoms with Crippen LogP contribution in [0, 0.1) is 6.92 Å². The minimum absolute atomic E-state index is 0.0335. The maximum atomic E-state index is 11.1. The third-order valence-corrected chi connectivity index (χ3v) is 3.32. The summed E-state index contributed by atoms with van der Waals surface area (Å²) >= 11 is 1.70. The number of carbonyl (C=O) groups is 1. The molecule has 2 rings (SSSR count). The van der Waals surface area contributed by atoms with Crippen molar-refractivity contribution in [3.63, 3.8) is 0 Å². The van der Waals surface area contributed by atoms with E-state index in [0.29, 0.717) is 6.42 Å². The van der Waals surface area contributed by atoms with Crippen LogP contribution in [0.1, 0.15) is 22.2 Å². The third-order valence-electron chi connectivity index (χ3n) is 2.23. The normalized spacial score (nSPS) is 27.7. The number of thiophene rings is 1. The van der Waals surface area contributed by atoms with Crippen molar-refractivity contribution in [2.75, 3.05) is 0 Å². The Balaban J connectivity index is 2.22. The first kappa shape index (κ1) is 8.72. The van der Waals surface area contributed by atoms with Gasteiger partial charge in [0.25, 0.3) is 0 Å². The maximum absolute atomic E-state index is 11.1. The molecule has 1 aromatic heterocycles. The minimum atomic E-state index is -0.0643. The number of carbonyl (C=O) groups excluding carboxylic acids is 1. The van der Waals surface area contributed by atoms with E-state index in [-0.39, 0.29) is 18.0 Å². The Labute approximate surface area is 80.9 Å². The summed E-state index contributed by atoms with van der Waals surface area (Å²) in [5.41, 5.74) is 5.83. The van der Waals surface area contributed by atoms with Crippen molar-refractivity contribution in [2.45, 2.75) is 25.4 Å². The Hall–Kier alpha value is -0.870. The Kier molecular flexibility index (Phi) is 2.09. The number of nitrogens with one attached hydrogen (secondary N) is 1. The molecule has 1 aromatic rings. The van der Waals surface area contributed by atoms with E-state index in [1.165, 1.54) is 4.88 Å². The second-order valence-corrected chi connectivity index (χ2v) is 4.68. The Morgan fingerprint density at radius 3 is 2.85 bits per heavy atom. The van der Waals surface area contributed by atoms with E-state index in [4.69, 9.17) is 5.73 Å². The van der Waals surface area contributed by atoms with E-state index in [9.17, 15) is 4.79 Å². The lowest BCUT2D eigenvalue weighted by Crippen LogP contribution is -2.27. The second kappa shape index (κ2) is 3.12. The van der Waals surface area contributed by atoms with E-state index < -0.39 is 0 Å². The molecule has 3 N–H and O–H groups in total. The summed E-state index contributed by atoms with van der Waals surface area (Å²) in [6.07, 6.45) is 0.446. The highest BCUT2D eigenvalue weighted by atomic mass is 32.1. The molecule has 1 saturated heterocycles. The highest BCUT2D eigenvalue weighted by Gasteiger charge is 2.31. The minimum Gasteiger partial charge on any atom is -0.347 e. The lowest BCUT2D eigenvalue weighted by Gasteiger charge is -2.12. The predicted octanol–water partition coefficient (Wildman–Crippen LogP) is 0.945. The van der Waals surface area contributed by atoms with Crippen LogP contribution >= 0.6 is 11.3 Å². The van der Waals surface area contributed by atoms with E-state index in [1.807, 2.05) is 6.07 Å². The molecular weight excluding hydrogens is 184 g/mol. The fourth-order valence-corrected chi connectivity index (χ4v) is 2.58. The van der Waals surface area contributed by atoms with Crippen molar-refractivity contribution in [3.8, 4) is 0 Å². The average Bonchev–Trinajstić information content (AvgIpc) is 2.58. The van der Waals surface area contributed by atoms with Crippen molar-refractivity contribution < 1.29 is 4.79 Å². The van der Waals surface area contributed by atoms with Crippen LogP contribution in [0.2, 0.25) is 0 Å². The Morgan fingerprint density at radius 1 is 1.62 bits per heavy atom. The van der Waals surface area contributed by atoms with Crippen molar-refractivity contribution in [3.05, 3.63) is 21.9 Å². The van der Waals surface area contributed by atoms with Crippen molar-refractivity contribution in [1.82, 2.24) is 5.32 Å². The highest BCUT2D eigenvalue weighted by molar-refractivity contribution is 7.12. The van der Waals surface area contributed by atoms with E-state index in [2.05, 4.69) is 18.3 Å². The summed E-state index contributed by atoms with van der Waals surface area (Å²) in [5, 5.41) is 2.88. The summed E-state index contributed by atoms with van der Waals surface area (Å²) < 4.78 is 0. The zero-order valence-electron chi connectivity index (χ0n) is 7.41. The van der Waals surface area contributed by atoms with E-state index >= 15 is 0 Å². The first-order valence-electron chi connectivity index (χ1n) is 4.28. The number of rotatable bonds is 1. The standard InChI is InChI=1S/C9H12N2OS/c1-5-2-3-7(13-5)9-6(10)4-8(12)11-9/h2-3,6,9H,4,10H2,1H3,(H,11,12). The van der Waals surface area contributed by atoms with E-state index in [0.717, 1.165) is 4.88 Å². The zero-order chi connectivity index (χ0) is 9.42. The number of nitrogens with two attached hydrogens (primary N) is 1. The molecule has 0 aromatic carbocycles. The number of amides is 1. The Bertz CT molecular complexity index is 334. The van der Waals surface area contributed by atoms with Crippen LogP contribution in [0.5, 0.6) is 0 Å². The van der Waals surface area contributed by atoms with Gasteiger partial charge in [0.15, 0.2) is 0 Å². The average molecular weight is 196 g/mol. The van der Waals surface area contributed by atoms with Gasteiger partial charge in [-0.1, -0.05) is 0 Å². The summed E-state index contributed by atoms with van der Waals surface area (Å²) in [6.45, 7) is 2.05. The zero-order valence-corrected chi connectivity index (χ0v) is 8.23. The van der Waals surface area contributed by atoms with Gasteiger partial charge in [-0.05, 0) is 19.1 Å². The highest BCUT2D eigenvalue weighted by Crippen LogP contribution is 2.28. The molecule has 2 heterocycles. The fraction of sp³-hybridized carbons (Fsp3) is 0.444. The van der Waals surface area contributed by atoms with Gasteiger partial charge in [0.05, 0.1) is 6.04 Å². The van der Waals surface area contributed by atoms with Gasteiger partial charge in [-0.25, -0.2) is 0 Å². The van der Waals surface area contributed by atoms with Gasteiger partial charge in [0, 0.05) is 22.2 Å². The molecule has 13 heavy (non-hydrogen) atoms. The molecule has 1 amide bonds. The van der Waals surface area contributed by atoms with Gasteiger partial charge in [-0.15, -0.1) is 11.3 Å². The molecule has 1 aliphatic heterocycles. The van der Waals surface area contributed by atoms with Gasteiger partial charge in [-0.2, -0.15) is 0 Å². The van der Waals surface area contributed by atoms with Gasteiger partial charge >= 0.3 is 0 Å². The van der Waals surface area contributed by atoms with Crippen LogP contribution in [0.25, 0.3) is 0 Å². The topological polar surface area (TPSA) is 55.1 Å². The first-order chi connectivity index (χ1) is 6.16. The molecular formula is C9H12N2OS. The molecule has 2 unspecified atom stereocenters. The maximum Gasteiger partial charge on any atom is 0.222 e. The molecule has 0 spiro atoms. The number of hydrogen-bond donors (Lipinski definition) is 2. The number of hydrogen-bond acceptors (Lipinski definition) is 3. The second-order valence-electron chi connectivity index (χ2n) is 3.36.